The summed E-state index contributed by atoms with van der Waals surface area (Å²) in [4.78, 5) is 29.0. The third kappa shape index (κ3) is 4.38. The first kappa shape index (κ1) is 18.3. The summed E-state index contributed by atoms with van der Waals surface area (Å²) in [7, 11) is 0. The van der Waals surface area contributed by atoms with Crippen LogP contribution in [0.5, 0.6) is 0 Å². The zero-order valence-electron chi connectivity index (χ0n) is 15.5. The van der Waals surface area contributed by atoms with Gasteiger partial charge in [0.1, 0.15) is 0 Å². The fourth-order valence-electron chi connectivity index (χ4n) is 3.22. The molecule has 0 aliphatic carbocycles. The first-order valence-electron chi connectivity index (χ1n) is 9.24. The van der Waals surface area contributed by atoms with Crippen LogP contribution in [0.25, 0.3) is 0 Å². The number of amides is 1. The van der Waals surface area contributed by atoms with Gasteiger partial charge in [-0.2, -0.15) is 0 Å². The Morgan fingerprint density at radius 1 is 0.846 bits per heavy atom. The van der Waals surface area contributed by atoms with Gasteiger partial charge in [0.15, 0.2) is 5.78 Å². The average Bonchev–Trinajstić information content (AvgIpc) is 2.68. The Balaban J connectivity index is 1.52. The Labute approximate surface area is 155 Å². The maximum Gasteiger partial charge on any atom is 0.253 e. The molecule has 0 radical (unpaired) electrons. The molecular formula is C22H26N2O2. The van der Waals surface area contributed by atoms with Crippen LogP contribution >= 0.6 is 0 Å². The monoisotopic (exact) mass is 350 g/mol. The van der Waals surface area contributed by atoms with E-state index in [2.05, 4.69) is 18.7 Å². The Morgan fingerprint density at radius 2 is 1.46 bits per heavy atom. The zero-order valence-corrected chi connectivity index (χ0v) is 15.5. The van der Waals surface area contributed by atoms with Crippen molar-refractivity contribution >= 4 is 11.7 Å². The Morgan fingerprint density at radius 3 is 2.04 bits per heavy atom. The zero-order chi connectivity index (χ0) is 18.5. The van der Waals surface area contributed by atoms with Gasteiger partial charge < -0.3 is 4.90 Å². The van der Waals surface area contributed by atoms with Crippen LogP contribution in [0, 0.1) is 0 Å². The molecule has 2 aromatic rings. The molecule has 136 valence electrons. The maximum absolute atomic E-state index is 12.5. The second-order valence-corrected chi connectivity index (χ2v) is 7.13. The van der Waals surface area contributed by atoms with Crippen LogP contribution in [-0.2, 0) is 0 Å². The fourth-order valence-corrected chi connectivity index (χ4v) is 3.22. The van der Waals surface area contributed by atoms with Crippen molar-refractivity contribution < 1.29 is 9.59 Å². The number of rotatable bonds is 5. The Kier molecular flexibility index (Phi) is 5.84. The van der Waals surface area contributed by atoms with Gasteiger partial charge in [0.25, 0.3) is 5.91 Å². The van der Waals surface area contributed by atoms with E-state index in [1.165, 1.54) is 5.56 Å². The molecule has 1 aliphatic rings. The van der Waals surface area contributed by atoms with Crippen LogP contribution in [0.3, 0.4) is 0 Å². The van der Waals surface area contributed by atoms with Gasteiger partial charge in [0.05, 0.1) is 6.54 Å². The van der Waals surface area contributed by atoms with Crippen LogP contribution in [0.1, 0.15) is 46.0 Å². The predicted octanol–water partition coefficient (Wildman–Crippen LogP) is 3.45. The summed E-state index contributed by atoms with van der Waals surface area (Å²) in [5.74, 6) is 0.679. The van der Waals surface area contributed by atoms with Crippen molar-refractivity contribution in [2.45, 2.75) is 19.8 Å². The van der Waals surface area contributed by atoms with Gasteiger partial charge in [-0.3, -0.25) is 14.5 Å². The SMILES string of the molecule is CC(C)c1ccc(C(=O)CN2CCN(C(=O)c3ccccc3)CC2)cc1. The van der Waals surface area contributed by atoms with E-state index in [0.717, 1.165) is 24.2 Å². The van der Waals surface area contributed by atoms with E-state index in [1.54, 1.807) is 0 Å². The quantitative estimate of drug-likeness (QED) is 0.776. The number of Topliss-reactive ketones (excluding diaryl/α,β-unsaturated/α-hetero) is 1. The summed E-state index contributed by atoms with van der Waals surface area (Å²) in [5, 5.41) is 0. The van der Waals surface area contributed by atoms with Gasteiger partial charge in [-0.05, 0) is 23.6 Å². The van der Waals surface area contributed by atoms with E-state index in [0.29, 0.717) is 25.6 Å². The van der Waals surface area contributed by atoms with Gasteiger partial charge >= 0.3 is 0 Å². The molecule has 4 heteroatoms. The van der Waals surface area contributed by atoms with Gasteiger partial charge in [-0.1, -0.05) is 56.3 Å². The number of carbonyl (C=O) groups is 2. The highest BCUT2D eigenvalue weighted by Crippen LogP contribution is 2.15. The van der Waals surface area contributed by atoms with Crippen LogP contribution < -0.4 is 0 Å². The number of nitrogens with zero attached hydrogens (tertiary/aromatic N) is 2. The largest absolute Gasteiger partial charge is 0.336 e. The second kappa shape index (κ2) is 8.28. The highest BCUT2D eigenvalue weighted by molar-refractivity contribution is 5.97. The van der Waals surface area contributed by atoms with Crippen molar-refractivity contribution in [3.63, 3.8) is 0 Å². The summed E-state index contributed by atoms with van der Waals surface area (Å²) in [6.45, 7) is 7.48. The van der Waals surface area contributed by atoms with Crippen LogP contribution in [-0.4, -0.2) is 54.2 Å². The first-order chi connectivity index (χ1) is 12.5. The standard InChI is InChI=1S/C22H26N2O2/c1-17(2)18-8-10-19(11-9-18)21(25)16-23-12-14-24(15-13-23)22(26)20-6-4-3-5-7-20/h3-11,17H,12-16H2,1-2H3. The number of hydrogen-bond acceptors (Lipinski definition) is 3. The third-order valence-electron chi connectivity index (χ3n) is 4.95. The molecular weight excluding hydrogens is 324 g/mol. The molecule has 0 N–H and O–H groups in total. The van der Waals surface area contributed by atoms with E-state index in [4.69, 9.17) is 0 Å². The molecule has 0 saturated carbocycles. The molecule has 2 aromatic carbocycles. The lowest BCUT2D eigenvalue weighted by molar-refractivity contribution is 0.0624. The average molecular weight is 350 g/mol. The fraction of sp³-hybridized carbons (Fsp3) is 0.364. The molecule has 0 unspecified atom stereocenters. The van der Waals surface area contributed by atoms with Crippen LogP contribution in [0.2, 0.25) is 0 Å². The van der Waals surface area contributed by atoms with Gasteiger partial charge in [0.2, 0.25) is 0 Å². The van der Waals surface area contributed by atoms with Gasteiger partial charge in [-0.25, -0.2) is 0 Å². The van der Waals surface area contributed by atoms with Crippen LogP contribution in [0.4, 0.5) is 0 Å². The summed E-state index contributed by atoms with van der Waals surface area (Å²) >= 11 is 0. The van der Waals surface area contributed by atoms with E-state index in [1.807, 2.05) is 59.5 Å². The molecule has 4 nitrogen and oxygen atoms in total. The van der Waals surface area contributed by atoms with Crippen molar-refractivity contribution in [3.05, 3.63) is 71.3 Å². The molecule has 0 bridgehead atoms. The third-order valence-corrected chi connectivity index (χ3v) is 4.95. The maximum atomic E-state index is 12.5. The molecule has 1 saturated heterocycles. The van der Waals surface area contributed by atoms with Crippen molar-refractivity contribution in [1.29, 1.82) is 0 Å². The van der Waals surface area contributed by atoms with Crippen molar-refractivity contribution in [1.82, 2.24) is 9.80 Å². The summed E-state index contributed by atoms with van der Waals surface area (Å²) in [5.41, 5.74) is 2.73. The number of ketones is 1. The topological polar surface area (TPSA) is 40.6 Å². The molecule has 26 heavy (non-hydrogen) atoms. The first-order valence-corrected chi connectivity index (χ1v) is 9.24. The minimum Gasteiger partial charge on any atom is -0.336 e. The van der Waals surface area contributed by atoms with Gasteiger partial charge in [0, 0.05) is 37.3 Å². The summed E-state index contributed by atoms with van der Waals surface area (Å²) in [6.07, 6.45) is 0. The summed E-state index contributed by atoms with van der Waals surface area (Å²) < 4.78 is 0. The molecule has 1 aliphatic heterocycles. The normalized spacial score (nSPS) is 15.3. The molecule has 1 heterocycles. The van der Waals surface area contributed by atoms with E-state index in [9.17, 15) is 9.59 Å². The number of benzene rings is 2. The smallest absolute Gasteiger partial charge is 0.253 e. The minimum atomic E-state index is 0.0702. The summed E-state index contributed by atoms with van der Waals surface area (Å²) in [6, 6.07) is 17.3. The predicted molar refractivity (Wildman–Crippen MR) is 104 cm³/mol. The number of hydrogen-bond donors (Lipinski definition) is 0. The lowest BCUT2D eigenvalue weighted by Crippen LogP contribution is -2.49. The van der Waals surface area contributed by atoms with Crippen LogP contribution in [0.15, 0.2) is 54.6 Å². The van der Waals surface area contributed by atoms with Crippen molar-refractivity contribution in [3.8, 4) is 0 Å². The van der Waals surface area contributed by atoms with Crippen molar-refractivity contribution in [2.75, 3.05) is 32.7 Å². The molecule has 1 amide bonds. The number of piperazine rings is 1. The number of carbonyl (C=O) groups excluding carboxylic acids is 2. The van der Waals surface area contributed by atoms with Gasteiger partial charge in [-0.15, -0.1) is 0 Å². The molecule has 0 aromatic heterocycles. The lowest BCUT2D eigenvalue weighted by Gasteiger charge is -2.34. The van der Waals surface area contributed by atoms with E-state index >= 15 is 0 Å². The van der Waals surface area contributed by atoms with E-state index in [-0.39, 0.29) is 11.7 Å². The second-order valence-electron chi connectivity index (χ2n) is 7.13. The molecule has 1 fully saturated rings. The minimum absolute atomic E-state index is 0.0702. The molecule has 0 atom stereocenters. The van der Waals surface area contributed by atoms with E-state index < -0.39 is 0 Å². The molecule has 3 rings (SSSR count). The highest BCUT2D eigenvalue weighted by atomic mass is 16.2. The Hall–Kier alpha value is -2.46. The Bertz CT molecular complexity index is 745. The highest BCUT2D eigenvalue weighted by Gasteiger charge is 2.23. The lowest BCUT2D eigenvalue weighted by atomic mass is 10.0. The van der Waals surface area contributed by atoms with Crippen molar-refractivity contribution in [2.24, 2.45) is 0 Å². The molecule has 0 spiro atoms.